The summed E-state index contributed by atoms with van der Waals surface area (Å²) in [5, 5.41) is 10.7. The zero-order chi connectivity index (χ0) is 12.1. The number of carbonyl (C=O) groups is 1. The molecular weight excluding hydrogens is 214 g/mol. The van der Waals surface area contributed by atoms with Crippen LogP contribution >= 0.6 is 11.6 Å². The minimum atomic E-state index is -1.18. The van der Waals surface area contributed by atoms with E-state index in [0.29, 0.717) is 5.02 Å². The van der Waals surface area contributed by atoms with Crippen LogP contribution in [-0.4, -0.2) is 38.6 Å². The lowest BCUT2D eigenvalue weighted by Crippen LogP contribution is -2.27. The first kappa shape index (κ1) is 13.9. The Morgan fingerprint density at radius 1 is 1.13 bits per heavy atom. The molecule has 15 heavy (non-hydrogen) atoms. The highest BCUT2D eigenvalue weighted by Gasteiger charge is 1.90. The Balaban J connectivity index is 0.000000336. The van der Waals surface area contributed by atoms with E-state index in [1.807, 2.05) is 0 Å². The number of quaternary nitrogens is 1. The molecule has 0 heterocycles. The molecule has 0 saturated carbocycles. The predicted molar refractivity (Wildman–Crippen MR) is 59.7 cm³/mol. The fraction of sp³-hybridized carbons (Fsp3) is 0.364. The number of nitrogens with zero attached hydrogens (tertiary/aromatic N) is 1. The molecule has 4 heteroatoms. The molecule has 0 aliphatic carbocycles. The normalized spacial score (nSPS) is 10.2. The molecule has 0 N–H and O–H groups in total. The van der Waals surface area contributed by atoms with Gasteiger partial charge in [-0.1, -0.05) is 23.7 Å². The number of carboxylic acids is 1. The fourth-order valence-corrected chi connectivity index (χ4v) is 0.712. The van der Waals surface area contributed by atoms with Gasteiger partial charge in [0.15, 0.2) is 0 Å². The first-order chi connectivity index (χ1) is 6.70. The van der Waals surface area contributed by atoms with Gasteiger partial charge in [0, 0.05) is 5.02 Å². The van der Waals surface area contributed by atoms with Crippen LogP contribution in [0.3, 0.4) is 0 Å². The van der Waals surface area contributed by atoms with Gasteiger partial charge in [0.05, 0.1) is 34.2 Å². The number of aromatic carboxylic acids is 1. The molecule has 1 aromatic carbocycles. The van der Waals surface area contributed by atoms with Crippen molar-refractivity contribution >= 4 is 17.6 Å². The van der Waals surface area contributed by atoms with E-state index in [1.165, 1.54) is 24.3 Å². The molecule has 1 aromatic rings. The Kier molecular flexibility index (Phi) is 5.33. The highest BCUT2D eigenvalue weighted by Crippen LogP contribution is 2.08. The van der Waals surface area contributed by atoms with Crippen LogP contribution in [0.1, 0.15) is 10.4 Å². The maximum Gasteiger partial charge on any atom is 0.0715 e. The molecule has 1 rings (SSSR count). The van der Waals surface area contributed by atoms with Crippen molar-refractivity contribution in [1.82, 2.24) is 0 Å². The molecule has 0 fully saturated rings. The summed E-state index contributed by atoms with van der Waals surface area (Å²) in [4.78, 5) is 10.2. The molecule has 0 unspecified atom stereocenters. The molecular formula is C11H16ClNO2. The Bertz CT molecular complexity index is 308. The second-order valence-electron chi connectivity index (χ2n) is 4.48. The second kappa shape index (κ2) is 5.73. The van der Waals surface area contributed by atoms with Crippen molar-refractivity contribution in [3.05, 3.63) is 34.9 Å². The number of benzene rings is 1. The maximum atomic E-state index is 10.2. The van der Waals surface area contributed by atoms with Crippen LogP contribution in [0.4, 0.5) is 0 Å². The van der Waals surface area contributed by atoms with Crippen molar-refractivity contribution in [3.8, 4) is 0 Å². The number of carboxylic acid groups (broad SMARTS) is 1. The van der Waals surface area contributed by atoms with Crippen LogP contribution in [0.15, 0.2) is 24.3 Å². The van der Waals surface area contributed by atoms with Gasteiger partial charge >= 0.3 is 0 Å². The van der Waals surface area contributed by atoms with Crippen LogP contribution < -0.4 is 5.11 Å². The van der Waals surface area contributed by atoms with Gasteiger partial charge in [0.2, 0.25) is 0 Å². The van der Waals surface area contributed by atoms with Gasteiger partial charge in [-0.2, -0.15) is 0 Å². The average molecular weight is 230 g/mol. The lowest BCUT2D eigenvalue weighted by atomic mass is 10.2. The molecule has 0 bridgehead atoms. The minimum Gasteiger partial charge on any atom is -0.545 e. The molecule has 0 aliphatic rings. The van der Waals surface area contributed by atoms with E-state index < -0.39 is 5.97 Å². The third kappa shape index (κ3) is 9.25. The Morgan fingerprint density at radius 3 is 1.73 bits per heavy atom. The molecule has 3 nitrogen and oxygen atoms in total. The average Bonchev–Trinajstić information content (AvgIpc) is 2.01. The van der Waals surface area contributed by atoms with E-state index >= 15 is 0 Å². The van der Waals surface area contributed by atoms with Crippen molar-refractivity contribution in [2.45, 2.75) is 0 Å². The number of rotatable bonds is 1. The molecule has 84 valence electrons. The summed E-state index contributed by atoms with van der Waals surface area (Å²) in [6.45, 7) is 0. The largest absolute Gasteiger partial charge is 0.545 e. The Hall–Kier alpha value is -1.06. The van der Waals surface area contributed by atoms with Crippen LogP contribution in [0.2, 0.25) is 5.02 Å². The van der Waals surface area contributed by atoms with E-state index in [1.54, 1.807) is 0 Å². The van der Waals surface area contributed by atoms with Crippen molar-refractivity contribution in [3.63, 3.8) is 0 Å². The maximum absolute atomic E-state index is 10.2. The zero-order valence-electron chi connectivity index (χ0n) is 9.45. The van der Waals surface area contributed by atoms with Crippen LogP contribution in [0, 0.1) is 0 Å². The summed E-state index contributed by atoms with van der Waals surface area (Å²) in [5.74, 6) is -1.18. The van der Waals surface area contributed by atoms with E-state index in [-0.39, 0.29) is 5.56 Å². The summed E-state index contributed by atoms with van der Waals surface area (Å²) in [5.41, 5.74) is 0.143. The van der Waals surface area contributed by atoms with Crippen molar-refractivity contribution in [2.75, 3.05) is 28.2 Å². The van der Waals surface area contributed by atoms with Crippen molar-refractivity contribution < 1.29 is 14.4 Å². The summed E-state index contributed by atoms with van der Waals surface area (Å²) in [7, 11) is 8.50. The SMILES string of the molecule is C[N+](C)(C)C.O=C([O-])c1ccc(Cl)cc1. The number of halogens is 1. The third-order valence-corrected chi connectivity index (χ3v) is 1.33. The second-order valence-corrected chi connectivity index (χ2v) is 4.91. The highest BCUT2D eigenvalue weighted by atomic mass is 35.5. The highest BCUT2D eigenvalue weighted by molar-refractivity contribution is 6.30. The summed E-state index contributed by atoms with van der Waals surface area (Å²) in [6, 6.07) is 5.81. The minimum absolute atomic E-state index is 0.143. The zero-order valence-corrected chi connectivity index (χ0v) is 10.2. The standard InChI is InChI=1S/C7H5ClO2.C4H12N/c8-6-3-1-5(2-4-6)7(9)10;1-5(2,3)4/h1-4H,(H,9,10);1-4H3/q;+1/p-1. The molecule has 0 amide bonds. The van der Waals surface area contributed by atoms with Crippen LogP contribution in [0.5, 0.6) is 0 Å². The van der Waals surface area contributed by atoms with E-state index in [2.05, 4.69) is 28.2 Å². The molecule has 0 atom stereocenters. The fourth-order valence-electron chi connectivity index (χ4n) is 0.586. The number of hydrogen-bond donors (Lipinski definition) is 0. The summed E-state index contributed by atoms with van der Waals surface area (Å²) in [6.07, 6.45) is 0. The third-order valence-electron chi connectivity index (χ3n) is 1.08. The lowest BCUT2D eigenvalue weighted by Gasteiger charge is -2.14. The van der Waals surface area contributed by atoms with E-state index in [4.69, 9.17) is 11.6 Å². The predicted octanol–water partition coefficient (Wildman–Crippen LogP) is 1.03. The van der Waals surface area contributed by atoms with E-state index in [0.717, 1.165) is 4.48 Å². The molecule has 0 spiro atoms. The first-order valence-corrected chi connectivity index (χ1v) is 4.84. The van der Waals surface area contributed by atoms with Gasteiger partial charge in [-0.25, -0.2) is 0 Å². The summed E-state index contributed by atoms with van der Waals surface area (Å²) >= 11 is 5.50. The van der Waals surface area contributed by atoms with Gasteiger partial charge in [0.1, 0.15) is 0 Å². The van der Waals surface area contributed by atoms with Crippen LogP contribution in [-0.2, 0) is 0 Å². The van der Waals surface area contributed by atoms with Crippen molar-refractivity contribution in [1.29, 1.82) is 0 Å². The van der Waals surface area contributed by atoms with Gasteiger partial charge in [-0.15, -0.1) is 0 Å². The monoisotopic (exact) mass is 229 g/mol. The van der Waals surface area contributed by atoms with Crippen LogP contribution in [0.25, 0.3) is 0 Å². The Morgan fingerprint density at radius 2 is 1.47 bits per heavy atom. The van der Waals surface area contributed by atoms with Gasteiger partial charge in [-0.05, 0) is 17.7 Å². The van der Waals surface area contributed by atoms with Gasteiger partial charge in [0.25, 0.3) is 0 Å². The smallest absolute Gasteiger partial charge is 0.0715 e. The number of carbonyl (C=O) groups excluding carboxylic acids is 1. The first-order valence-electron chi connectivity index (χ1n) is 4.46. The molecule has 0 aliphatic heterocycles. The van der Waals surface area contributed by atoms with Crippen molar-refractivity contribution in [2.24, 2.45) is 0 Å². The van der Waals surface area contributed by atoms with Gasteiger partial charge < -0.3 is 14.4 Å². The quantitative estimate of drug-likeness (QED) is 0.675. The molecule has 0 radical (unpaired) electrons. The molecule has 0 saturated heterocycles. The number of hydrogen-bond acceptors (Lipinski definition) is 2. The lowest BCUT2D eigenvalue weighted by molar-refractivity contribution is -0.849. The Labute approximate surface area is 95.5 Å². The molecule has 0 aromatic heterocycles. The topological polar surface area (TPSA) is 40.1 Å². The van der Waals surface area contributed by atoms with E-state index in [9.17, 15) is 9.90 Å². The van der Waals surface area contributed by atoms with Gasteiger partial charge in [-0.3, -0.25) is 0 Å². The summed E-state index contributed by atoms with van der Waals surface area (Å²) < 4.78 is 1.00.